The Balaban J connectivity index is 2.63. The molecule has 0 aromatic carbocycles. The Morgan fingerprint density at radius 3 is 2.79 bits per heavy atom. The third kappa shape index (κ3) is 4.82. The SMILES string of the molecule is CC(C)NC(=O)CCNc1c(Br)cncc1[N+](=O)[O-]. The Morgan fingerprint density at radius 1 is 1.53 bits per heavy atom. The highest BCUT2D eigenvalue weighted by atomic mass is 79.9. The summed E-state index contributed by atoms with van der Waals surface area (Å²) in [6.07, 6.45) is 2.87. The lowest BCUT2D eigenvalue weighted by Gasteiger charge is -2.10. The van der Waals surface area contributed by atoms with Gasteiger partial charge in [0.2, 0.25) is 5.91 Å². The minimum Gasteiger partial charge on any atom is -0.378 e. The molecule has 1 aromatic rings. The van der Waals surface area contributed by atoms with E-state index in [4.69, 9.17) is 0 Å². The Labute approximate surface area is 119 Å². The summed E-state index contributed by atoms with van der Waals surface area (Å²) in [4.78, 5) is 25.5. The van der Waals surface area contributed by atoms with Gasteiger partial charge in [0, 0.05) is 25.2 Å². The van der Waals surface area contributed by atoms with Gasteiger partial charge in [-0.05, 0) is 29.8 Å². The number of anilines is 1. The molecule has 0 saturated carbocycles. The van der Waals surface area contributed by atoms with E-state index in [0.29, 0.717) is 16.7 Å². The van der Waals surface area contributed by atoms with Crippen LogP contribution in [0.3, 0.4) is 0 Å². The van der Waals surface area contributed by atoms with E-state index < -0.39 is 4.92 Å². The lowest BCUT2D eigenvalue weighted by Crippen LogP contribution is -2.31. The molecule has 8 heteroatoms. The monoisotopic (exact) mass is 330 g/mol. The van der Waals surface area contributed by atoms with Crippen molar-refractivity contribution in [2.75, 3.05) is 11.9 Å². The Bertz CT molecular complexity index is 479. The van der Waals surface area contributed by atoms with E-state index in [1.165, 1.54) is 12.4 Å². The number of nitrogens with zero attached hydrogens (tertiary/aromatic N) is 2. The molecule has 1 aromatic heterocycles. The molecule has 0 radical (unpaired) electrons. The number of amides is 1. The third-order valence-electron chi connectivity index (χ3n) is 2.18. The molecule has 1 heterocycles. The second-order valence-corrected chi connectivity index (χ2v) is 5.03. The van der Waals surface area contributed by atoms with Crippen LogP contribution in [0.15, 0.2) is 16.9 Å². The van der Waals surface area contributed by atoms with E-state index in [1.807, 2.05) is 13.8 Å². The zero-order chi connectivity index (χ0) is 14.4. The summed E-state index contributed by atoms with van der Waals surface area (Å²) >= 11 is 3.19. The lowest BCUT2D eigenvalue weighted by atomic mass is 10.3. The number of nitro groups is 1. The Hall–Kier alpha value is -1.70. The van der Waals surface area contributed by atoms with Crippen molar-refractivity contribution in [3.63, 3.8) is 0 Å². The van der Waals surface area contributed by atoms with Gasteiger partial charge in [0.05, 0.1) is 9.40 Å². The van der Waals surface area contributed by atoms with Crippen LogP contribution >= 0.6 is 15.9 Å². The standard InChI is InChI=1S/C11H15BrN4O3/c1-7(2)15-10(17)3-4-14-11-8(12)5-13-6-9(11)16(18)19/h5-7H,3-4H2,1-2H3,(H,13,14)(H,15,17). The highest BCUT2D eigenvalue weighted by Crippen LogP contribution is 2.30. The zero-order valence-corrected chi connectivity index (χ0v) is 12.2. The van der Waals surface area contributed by atoms with Crippen molar-refractivity contribution in [1.29, 1.82) is 0 Å². The van der Waals surface area contributed by atoms with Crippen molar-refractivity contribution in [2.45, 2.75) is 26.3 Å². The molecule has 1 rings (SSSR count). The Kier molecular flexibility index (Phi) is 5.68. The first-order valence-corrected chi connectivity index (χ1v) is 6.52. The van der Waals surface area contributed by atoms with Crippen LogP contribution in [0.4, 0.5) is 11.4 Å². The van der Waals surface area contributed by atoms with Crippen molar-refractivity contribution >= 4 is 33.2 Å². The van der Waals surface area contributed by atoms with Gasteiger partial charge in [-0.25, -0.2) is 0 Å². The van der Waals surface area contributed by atoms with Crippen LogP contribution in [0.2, 0.25) is 0 Å². The van der Waals surface area contributed by atoms with Crippen LogP contribution in [-0.2, 0) is 4.79 Å². The Morgan fingerprint density at radius 2 is 2.21 bits per heavy atom. The number of hydrogen-bond acceptors (Lipinski definition) is 5. The van der Waals surface area contributed by atoms with Gasteiger partial charge in [0.1, 0.15) is 11.9 Å². The molecular formula is C11H15BrN4O3. The maximum absolute atomic E-state index is 11.4. The molecule has 19 heavy (non-hydrogen) atoms. The van der Waals surface area contributed by atoms with Gasteiger partial charge < -0.3 is 10.6 Å². The summed E-state index contributed by atoms with van der Waals surface area (Å²) in [5, 5.41) is 16.5. The van der Waals surface area contributed by atoms with Gasteiger partial charge in [0.15, 0.2) is 0 Å². The lowest BCUT2D eigenvalue weighted by molar-refractivity contribution is -0.384. The van der Waals surface area contributed by atoms with E-state index in [2.05, 4.69) is 31.5 Å². The smallest absolute Gasteiger partial charge is 0.311 e. The topological polar surface area (TPSA) is 97.2 Å². The van der Waals surface area contributed by atoms with E-state index in [9.17, 15) is 14.9 Å². The number of nitrogens with one attached hydrogen (secondary N) is 2. The van der Waals surface area contributed by atoms with E-state index >= 15 is 0 Å². The van der Waals surface area contributed by atoms with Crippen LogP contribution in [0, 0.1) is 10.1 Å². The first-order valence-electron chi connectivity index (χ1n) is 5.73. The summed E-state index contributed by atoms with van der Waals surface area (Å²) in [7, 11) is 0. The summed E-state index contributed by atoms with van der Waals surface area (Å²) in [6, 6.07) is 0.0782. The first kappa shape index (κ1) is 15.4. The fourth-order valence-corrected chi connectivity index (χ4v) is 1.89. The molecule has 0 unspecified atom stereocenters. The molecule has 0 aliphatic heterocycles. The number of hydrogen-bond donors (Lipinski definition) is 2. The average Bonchev–Trinajstić information content (AvgIpc) is 2.29. The maximum Gasteiger partial charge on any atom is 0.311 e. The molecule has 7 nitrogen and oxygen atoms in total. The van der Waals surface area contributed by atoms with Crippen LogP contribution < -0.4 is 10.6 Å². The minimum atomic E-state index is -0.520. The van der Waals surface area contributed by atoms with Gasteiger partial charge in [-0.2, -0.15) is 0 Å². The van der Waals surface area contributed by atoms with Crippen molar-refractivity contribution in [1.82, 2.24) is 10.3 Å². The van der Waals surface area contributed by atoms with Crippen LogP contribution in [-0.4, -0.2) is 28.4 Å². The van der Waals surface area contributed by atoms with Crippen molar-refractivity contribution in [3.05, 3.63) is 27.0 Å². The van der Waals surface area contributed by atoms with Gasteiger partial charge in [-0.15, -0.1) is 0 Å². The van der Waals surface area contributed by atoms with Gasteiger partial charge >= 0.3 is 5.69 Å². The van der Waals surface area contributed by atoms with Crippen molar-refractivity contribution < 1.29 is 9.72 Å². The fourth-order valence-electron chi connectivity index (χ4n) is 1.43. The molecule has 0 aliphatic carbocycles. The fraction of sp³-hybridized carbons (Fsp3) is 0.455. The zero-order valence-electron chi connectivity index (χ0n) is 10.6. The summed E-state index contributed by atoms with van der Waals surface area (Å²) in [5.74, 6) is -0.102. The minimum absolute atomic E-state index is 0.0782. The van der Waals surface area contributed by atoms with Crippen LogP contribution in [0.5, 0.6) is 0 Å². The van der Waals surface area contributed by atoms with Gasteiger partial charge in [-0.1, -0.05) is 0 Å². The molecule has 0 aliphatic rings. The second kappa shape index (κ2) is 7.03. The van der Waals surface area contributed by atoms with Crippen molar-refractivity contribution in [3.8, 4) is 0 Å². The van der Waals surface area contributed by atoms with E-state index in [1.54, 1.807) is 0 Å². The molecule has 0 saturated heterocycles. The highest BCUT2D eigenvalue weighted by molar-refractivity contribution is 9.10. The number of aromatic nitrogens is 1. The number of carbonyl (C=O) groups is 1. The van der Waals surface area contributed by atoms with E-state index in [0.717, 1.165) is 0 Å². The highest BCUT2D eigenvalue weighted by Gasteiger charge is 2.17. The molecular weight excluding hydrogens is 316 g/mol. The molecule has 1 amide bonds. The first-order chi connectivity index (χ1) is 8.91. The number of pyridine rings is 1. The summed E-state index contributed by atoms with van der Waals surface area (Å²) in [5.41, 5.74) is 0.205. The molecule has 0 atom stereocenters. The van der Waals surface area contributed by atoms with Crippen LogP contribution in [0.25, 0.3) is 0 Å². The average molecular weight is 331 g/mol. The van der Waals surface area contributed by atoms with Gasteiger partial charge in [-0.3, -0.25) is 19.9 Å². The summed E-state index contributed by atoms with van der Waals surface area (Å²) in [6.45, 7) is 4.05. The summed E-state index contributed by atoms with van der Waals surface area (Å²) < 4.78 is 0.492. The second-order valence-electron chi connectivity index (χ2n) is 4.17. The predicted octanol–water partition coefficient (Wildman–Crippen LogP) is 2.08. The van der Waals surface area contributed by atoms with Gasteiger partial charge in [0.25, 0.3) is 0 Å². The third-order valence-corrected chi connectivity index (χ3v) is 2.78. The number of halogens is 1. The van der Waals surface area contributed by atoms with E-state index in [-0.39, 0.29) is 24.1 Å². The number of rotatable bonds is 6. The largest absolute Gasteiger partial charge is 0.378 e. The quantitative estimate of drug-likeness (QED) is 0.614. The molecule has 104 valence electrons. The molecule has 0 spiro atoms. The van der Waals surface area contributed by atoms with Crippen LogP contribution in [0.1, 0.15) is 20.3 Å². The molecule has 0 bridgehead atoms. The molecule has 2 N–H and O–H groups in total. The predicted molar refractivity (Wildman–Crippen MR) is 75.0 cm³/mol. The normalized spacial score (nSPS) is 10.3. The molecule has 0 fully saturated rings. The maximum atomic E-state index is 11.4. The number of carbonyl (C=O) groups excluding carboxylic acids is 1. The van der Waals surface area contributed by atoms with Crippen molar-refractivity contribution in [2.24, 2.45) is 0 Å².